The first-order chi connectivity index (χ1) is 14.5. The topological polar surface area (TPSA) is 130 Å². The quantitative estimate of drug-likeness (QED) is 0.467. The molecular formula is C20H15N5O5. The Bertz CT molecular complexity index is 1350. The van der Waals surface area contributed by atoms with E-state index in [1.165, 1.54) is 9.47 Å². The molecule has 5 rings (SSSR count). The molecule has 1 aromatic carbocycles. The van der Waals surface area contributed by atoms with E-state index < -0.39 is 23.6 Å². The Balaban J connectivity index is 1.69. The van der Waals surface area contributed by atoms with E-state index in [2.05, 4.69) is 15.8 Å². The molecule has 2 aliphatic heterocycles. The Morgan fingerprint density at radius 3 is 2.87 bits per heavy atom. The molecule has 150 valence electrons. The average molecular weight is 405 g/mol. The van der Waals surface area contributed by atoms with Crippen molar-refractivity contribution in [3.05, 3.63) is 52.2 Å². The predicted molar refractivity (Wildman–Crippen MR) is 102 cm³/mol. The summed E-state index contributed by atoms with van der Waals surface area (Å²) in [7, 11) is 1.13. The van der Waals surface area contributed by atoms with Crippen LogP contribution in [0.3, 0.4) is 0 Å². The second-order valence-electron chi connectivity index (χ2n) is 7.19. The Hall–Kier alpha value is -4.13. The lowest BCUT2D eigenvalue weighted by Crippen LogP contribution is -2.41. The van der Waals surface area contributed by atoms with Gasteiger partial charge in [0.1, 0.15) is 11.8 Å². The normalized spacial score (nSPS) is 19.0. The smallest absolute Gasteiger partial charge is 0.396 e. The third-order valence-electron chi connectivity index (χ3n) is 5.79. The maximum absolute atomic E-state index is 13.2. The molecule has 4 heterocycles. The van der Waals surface area contributed by atoms with Gasteiger partial charge in [-0.2, -0.15) is 5.26 Å². The molecule has 0 aliphatic carbocycles. The van der Waals surface area contributed by atoms with Gasteiger partial charge in [-0.25, -0.2) is 14.2 Å². The van der Waals surface area contributed by atoms with Gasteiger partial charge in [0, 0.05) is 18.1 Å². The zero-order valence-corrected chi connectivity index (χ0v) is 15.8. The summed E-state index contributed by atoms with van der Waals surface area (Å²) in [5.74, 6) is -2.09. The van der Waals surface area contributed by atoms with Crippen molar-refractivity contribution in [1.29, 1.82) is 5.26 Å². The summed E-state index contributed by atoms with van der Waals surface area (Å²) in [6.07, 6.45) is 1.99. The molecular weight excluding hydrogens is 390 g/mol. The van der Waals surface area contributed by atoms with E-state index in [4.69, 9.17) is 0 Å². The molecule has 1 fully saturated rings. The van der Waals surface area contributed by atoms with Gasteiger partial charge in [-0.15, -0.1) is 0 Å². The van der Waals surface area contributed by atoms with Gasteiger partial charge in [-0.3, -0.25) is 14.3 Å². The lowest BCUT2D eigenvalue weighted by molar-refractivity contribution is -0.159. The van der Waals surface area contributed by atoms with Crippen LogP contribution in [0.2, 0.25) is 0 Å². The first kappa shape index (κ1) is 17.9. The average Bonchev–Trinajstić information content (AvgIpc) is 3.43. The molecule has 1 amide bonds. The van der Waals surface area contributed by atoms with Crippen LogP contribution in [0.25, 0.3) is 16.6 Å². The maximum atomic E-state index is 13.2. The number of carbonyl (C=O) groups is 2. The second-order valence-corrected chi connectivity index (χ2v) is 7.19. The highest BCUT2D eigenvalue weighted by Gasteiger charge is 2.50. The number of ether oxygens (including phenoxy) is 1. The van der Waals surface area contributed by atoms with Crippen LogP contribution in [-0.4, -0.2) is 49.7 Å². The van der Waals surface area contributed by atoms with Crippen LogP contribution in [0, 0.1) is 11.3 Å². The molecule has 0 radical (unpaired) electrons. The number of aromatic hydroxyl groups is 1. The van der Waals surface area contributed by atoms with Gasteiger partial charge in [-0.05, 0) is 30.7 Å². The van der Waals surface area contributed by atoms with E-state index in [0.717, 1.165) is 11.7 Å². The SMILES string of the molecule is COC(=O)C(=O)N1CC2CC1c1c(O)n(-c3ccc(C#N)c4ncccc34)c(=O)n12. The van der Waals surface area contributed by atoms with Gasteiger partial charge in [0.05, 0.1) is 36.0 Å². The third-order valence-corrected chi connectivity index (χ3v) is 5.79. The number of nitriles is 1. The highest BCUT2D eigenvalue weighted by atomic mass is 16.5. The molecule has 2 unspecified atom stereocenters. The maximum Gasteiger partial charge on any atom is 0.396 e. The van der Waals surface area contributed by atoms with Crippen molar-refractivity contribution in [2.75, 3.05) is 13.7 Å². The number of hydrogen-bond acceptors (Lipinski definition) is 7. The molecule has 0 saturated carbocycles. The number of benzene rings is 1. The Labute approximate surface area is 169 Å². The standard InChI is InChI=1S/C20H15N5O5/c1-30-19(28)18(27)23-9-11-7-14(23)16-17(26)25(20(29)24(11)16)13-5-4-10(8-21)15-12(13)3-2-6-22-15/h2-6,11,14,26H,7,9H2,1H3. The minimum absolute atomic E-state index is 0.185. The molecule has 30 heavy (non-hydrogen) atoms. The van der Waals surface area contributed by atoms with Gasteiger partial charge in [-0.1, -0.05) is 0 Å². The molecule has 2 aromatic heterocycles. The number of imidazole rings is 1. The van der Waals surface area contributed by atoms with Crippen molar-refractivity contribution in [2.24, 2.45) is 0 Å². The number of likely N-dealkylation sites (tertiary alicyclic amines) is 1. The van der Waals surface area contributed by atoms with Crippen LogP contribution in [0.1, 0.15) is 29.8 Å². The zero-order valence-electron chi connectivity index (χ0n) is 15.8. The lowest BCUT2D eigenvalue weighted by Gasteiger charge is -2.26. The number of amides is 1. The van der Waals surface area contributed by atoms with Crippen molar-refractivity contribution in [1.82, 2.24) is 19.0 Å². The van der Waals surface area contributed by atoms with Crippen molar-refractivity contribution >= 4 is 22.8 Å². The van der Waals surface area contributed by atoms with Gasteiger partial charge in [0.25, 0.3) is 0 Å². The molecule has 2 aliphatic rings. The molecule has 3 aromatic rings. The van der Waals surface area contributed by atoms with E-state index in [1.54, 1.807) is 30.5 Å². The number of hydrogen-bond donors (Lipinski definition) is 1. The summed E-state index contributed by atoms with van der Waals surface area (Å²) in [5, 5.41) is 20.9. The van der Waals surface area contributed by atoms with Crippen LogP contribution >= 0.6 is 0 Å². The zero-order chi connectivity index (χ0) is 21.2. The van der Waals surface area contributed by atoms with Crippen LogP contribution < -0.4 is 5.69 Å². The van der Waals surface area contributed by atoms with Gasteiger partial charge in [0.15, 0.2) is 0 Å². The fraction of sp³-hybridized carbons (Fsp3) is 0.250. The molecule has 2 bridgehead atoms. The minimum Gasteiger partial charge on any atom is -0.493 e. The number of fused-ring (bicyclic) bond motifs is 6. The van der Waals surface area contributed by atoms with Gasteiger partial charge in [0.2, 0.25) is 5.88 Å². The Kier molecular flexibility index (Phi) is 3.70. The van der Waals surface area contributed by atoms with Crippen molar-refractivity contribution in [3.63, 3.8) is 0 Å². The van der Waals surface area contributed by atoms with Gasteiger partial charge >= 0.3 is 17.6 Å². The van der Waals surface area contributed by atoms with E-state index in [0.29, 0.717) is 28.6 Å². The predicted octanol–water partition coefficient (Wildman–Crippen LogP) is 0.766. The minimum atomic E-state index is -0.987. The van der Waals surface area contributed by atoms with E-state index in [9.17, 15) is 24.8 Å². The van der Waals surface area contributed by atoms with Crippen LogP contribution in [-0.2, 0) is 14.3 Å². The summed E-state index contributed by atoms with van der Waals surface area (Å²) in [6.45, 7) is 0.185. The molecule has 2 atom stereocenters. The molecule has 10 nitrogen and oxygen atoms in total. The molecule has 1 saturated heterocycles. The third kappa shape index (κ3) is 2.17. The van der Waals surface area contributed by atoms with Crippen molar-refractivity contribution in [3.8, 4) is 17.6 Å². The number of methoxy groups -OCH3 is 1. The molecule has 0 spiro atoms. The van der Waals surface area contributed by atoms with E-state index in [-0.39, 0.29) is 24.2 Å². The number of carbonyl (C=O) groups excluding carboxylic acids is 2. The van der Waals surface area contributed by atoms with Crippen LogP contribution in [0.4, 0.5) is 0 Å². The summed E-state index contributed by atoms with van der Waals surface area (Å²) in [4.78, 5) is 42.8. The number of nitrogens with zero attached hydrogens (tertiary/aromatic N) is 5. The number of esters is 1. The summed E-state index contributed by atoms with van der Waals surface area (Å²) in [5.41, 5.74) is 0.987. The summed E-state index contributed by atoms with van der Waals surface area (Å²) in [6, 6.07) is 7.65. The first-order valence-corrected chi connectivity index (χ1v) is 9.21. The monoisotopic (exact) mass is 405 g/mol. The lowest BCUT2D eigenvalue weighted by atomic mass is 10.1. The first-order valence-electron chi connectivity index (χ1n) is 9.21. The summed E-state index contributed by atoms with van der Waals surface area (Å²) >= 11 is 0. The van der Waals surface area contributed by atoms with E-state index in [1.807, 2.05) is 0 Å². The fourth-order valence-electron chi connectivity index (χ4n) is 4.54. The fourth-order valence-corrected chi connectivity index (χ4v) is 4.54. The number of pyridine rings is 1. The Morgan fingerprint density at radius 2 is 2.13 bits per heavy atom. The van der Waals surface area contributed by atoms with Crippen molar-refractivity contribution < 1.29 is 19.4 Å². The van der Waals surface area contributed by atoms with Crippen LogP contribution in [0.5, 0.6) is 5.88 Å². The van der Waals surface area contributed by atoms with Gasteiger partial charge < -0.3 is 14.7 Å². The second kappa shape index (κ2) is 6.18. The largest absolute Gasteiger partial charge is 0.493 e. The number of aromatic nitrogens is 3. The number of rotatable bonds is 1. The van der Waals surface area contributed by atoms with Crippen LogP contribution in [0.15, 0.2) is 35.3 Å². The van der Waals surface area contributed by atoms with E-state index >= 15 is 0 Å². The highest BCUT2D eigenvalue weighted by Crippen LogP contribution is 2.48. The molecule has 1 N–H and O–H groups in total. The molecule has 10 heteroatoms. The Morgan fingerprint density at radius 1 is 1.33 bits per heavy atom. The summed E-state index contributed by atoms with van der Waals surface area (Å²) < 4.78 is 7.15. The van der Waals surface area contributed by atoms with Crippen molar-refractivity contribution in [2.45, 2.75) is 18.5 Å². The highest BCUT2D eigenvalue weighted by molar-refractivity contribution is 6.32.